The molecule has 2 N–H and O–H groups in total. The second-order valence-corrected chi connectivity index (χ2v) is 7.38. The number of halogens is 1. The molecule has 0 radical (unpaired) electrons. The summed E-state index contributed by atoms with van der Waals surface area (Å²) in [5, 5.41) is 16.6. The van der Waals surface area contributed by atoms with E-state index < -0.39 is 6.10 Å². The maximum Gasteiger partial charge on any atom is 0.143 e. The molecular formula is C19H22ClNO2. The minimum Gasteiger partial charge on any atom is -0.482 e. The summed E-state index contributed by atoms with van der Waals surface area (Å²) in [4.78, 5) is 0. The van der Waals surface area contributed by atoms with E-state index in [4.69, 9.17) is 16.3 Å². The lowest BCUT2D eigenvalue weighted by Crippen LogP contribution is -2.46. The Bertz CT molecular complexity index is 786. The highest BCUT2D eigenvalue weighted by Crippen LogP contribution is 2.26. The Kier molecular flexibility index (Phi) is 4.37. The lowest BCUT2D eigenvalue weighted by Gasteiger charge is -2.30. The zero-order valence-electron chi connectivity index (χ0n) is 13.6. The summed E-state index contributed by atoms with van der Waals surface area (Å²) < 4.78 is 6.09. The summed E-state index contributed by atoms with van der Waals surface area (Å²) in [5.41, 5.74) is 0.974. The third kappa shape index (κ3) is 3.52. The Morgan fingerprint density at radius 2 is 1.96 bits per heavy atom. The third-order valence-electron chi connectivity index (χ3n) is 3.92. The molecule has 0 aromatic heterocycles. The molecule has 0 bridgehead atoms. The van der Waals surface area contributed by atoms with Crippen LogP contribution in [0.15, 0.2) is 47.5 Å². The molecule has 2 aliphatic rings. The van der Waals surface area contributed by atoms with Crippen LogP contribution in [0.3, 0.4) is 0 Å². The van der Waals surface area contributed by atoms with Crippen molar-refractivity contribution in [2.75, 3.05) is 6.54 Å². The summed E-state index contributed by atoms with van der Waals surface area (Å²) in [6, 6.07) is 7.97. The van der Waals surface area contributed by atoms with Crippen LogP contribution >= 0.6 is 11.6 Å². The van der Waals surface area contributed by atoms with Gasteiger partial charge in [-0.25, -0.2) is 0 Å². The van der Waals surface area contributed by atoms with Gasteiger partial charge in [-0.1, -0.05) is 35.9 Å². The van der Waals surface area contributed by atoms with E-state index in [1.807, 2.05) is 42.5 Å². The maximum absolute atomic E-state index is 10.6. The molecule has 1 aromatic carbocycles. The van der Waals surface area contributed by atoms with Crippen molar-refractivity contribution >= 4 is 22.9 Å². The molecule has 2 unspecified atom stereocenters. The highest BCUT2D eigenvalue weighted by molar-refractivity contribution is 6.32. The molecule has 2 atom stereocenters. The molecule has 0 spiro atoms. The molecule has 23 heavy (non-hydrogen) atoms. The van der Waals surface area contributed by atoms with Gasteiger partial charge in [0.15, 0.2) is 0 Å². The number of aliphatic hydroxyl groups is 1. The van der Waals surface area contributed by atoms with Crippen molar-refractivity contribution in [1.29, 1.82) is 0 Å². The molecule has 122 valence electrons. The highest BCUT2D eigenvalue weighted by Gasteiger charge is 2.26. The summed E-state index contributed by atoms with van der Waals surface area (Å²) >= 11 is 6.13. The zero-order chi connectivity index (χ0) is 16.6. The number of ether oxygens (including phenoxy) is 1. The van der Waals surface area contributed by atoms with Gasteiger partial charge in [-0.2, -0.15) is 0 Å². The number of hydrogen-bond donors (Lipinski definition) is 2. The Balaban J connectivity index is 2.07. The van der Waals surface area contributed by atoms with E-state index in [1.165, 1.54) is 0 Å². The van der Waals surface area contributed by atoms with Crippen molar-refractivity contribution in [3.05, 3.63) is 58.0 Å². The van der Waals surface area contributed by atoms with Crippen LogP contribution in [0.5, 0.6) is 0 Å². The van der Waals surface area contributed by atoms with E-state index >= 15 is 0 Å². The predicted octanol–water partition coefficient (Wildman–Crippen LogP) is 1.79. The second kappa shape index (κ2) is 6.16. The minimum atomic E-state index is -0.702. The first-order valence-corrected chi connectivity index (χ1v) is 8.21. The molecule has 0 saturated carbocycles. The Hall–Kier alpha value is -1.55. The fourth-order valence-corrected chi connectivity index (χ4v) is 2.99. The van der Waals surface area contributed by atoms with Crippen molar-refractivity contribution in [1.82, 2.24) is 5.32 Å². The van der Waals surface area contributed by atoms with Gasteiger partial charge < -0.3 is 15.2 Å². The van der Waals surface area contributed by atoms with E-state index in [0.717, 1.165) is 16.0 Å². The number of allylic oxidation sites excluding steroid dienone is 2. The average Bonchev–Trinajstić information content (AvgIpc) is 2.51. The molecule has 1 aliphatic carbocycles. The third-order valence-corrected chi connectivity index (χ3v) is 4.15. The second-order valence-electron chi connectivity index (χ2n) is 6.94. The fraction of sp³-hybridized carbons (Fsp3) is 0.368. The molecule has 4 heteroatoms. The maximum atomic E-state index is 10.6. The molecule has 0 saturated heterocycles. The largest absolute Gasteiger partial charge is 0.482 e. The van der Waals surface area contributed by atoms with Crippen LogP contribution in [0, 0.1) is 0 Å². The Morgan fingerprint density at radius 3 is 2.65 bits per heavy atom. The van der Waals surface area contributed by atoms with E-state index in [1.54, 1.807) is 0 Å². The monoisotopic (exact) mass is 331 g/mol. The van der Waals surface area contributed by atoms with Crippen LogP contribution in [0.25, 0.3) is 11.3 Å². The van der Waals surface area contributed by atoms with Gasteiger partial charge in [0.1, 0.15) is 18.0 Å². The van der Waals surface area contributed by atoms with Crippen molar-refractivity contribution in [2.45, 2.75) is 38.5 Å². The first-order valence-electron chi connectivity index (χ1n) is 7.84. The number of aliphatic hydroxyl groups excluding tert-OH is 1. The zero-order valence-corrected chi connectivity index (χ0v) is 14.4. The number of β-amino-alcohol motifs (C(OH)–C–C–N with tert-alkyl or cyclic N) is 1. The smallest absolute Gasteiger partial charge is 0.143 e. The molecule has 0 fully saturated rings. The van der Waals surface area contributed by atoms with E-state index in [-0.39, 0.29) is 11.6 Å². The van der Waals surface area contributed by atoms with Gasteiger partial charge in [-0.3, -0.25) is 0 Å². The first-order chi connectivity index (χ1) is 10.8. The molecule has 1 aliphatic heterocycles. The van der Waals surface area contributed by atoms with Crippen LogP contribution in [-0.2, 0) is 4.74 Å². The van der Waals surface area contributed by atoms with Crippen molar-refractivity contribution < 1.29 is 9.84 Å². The summed E-state index contributed by atoms with van der Waals surface area (Å²) in [5.74, 6) is 0.613. The van der Waals surface area contributed by atoms with E-state index in [2.05, 4.69) is 26.1 Å². The molecular weight excluding hydrogens is 310 g/mol. The fourth-order valence-electron chi connectivity index (χ4n) is 2.80. The number of hydrogen-bond acceptors (Lipinski definition) is 3. The van der Waals surface area contributed by atoms with Gasteiger partial charge >= 0.3 is 0 Å². The van der Waals surface area contributed by atoms with Crippen LogP contribution in [0.2, 0.25) is 0 Å². The number of benzene rings is 1. The van der Waals surface area contributed by atoms with E-state index in [9.17, 15) is 5.11 Å². The molecule has 1 heterocycles. The van der Waals surface area contributed by atoms with Gasteiger partial charge in [-0.15, -0.1) is 0 Å². The molecule has 0 amide bonds. The number of nitrogens with one attached hydrogen (secondary N) is 1. The quantitative estimate of drug-likeness (QED) is 0.887. The van der Waals surface area contributed by atoms with Crippen molar-refractivity contribution in [3.63, 3.8) is 0 Å². The topological polar surface area (TPSA) is 41.5 Å². The Morgan fingerprint density at radius 1 is 1.26 bits per heavy atom. The normalized spacial score (nSPS) is 21.3. The summed E-state index contributed by atoms with van der Waals surface area (Å²) in [6.45, 7) is 6.66. The predicted molar refractivity (Wildman–Crippen MR) is 94.2 cm³/mol. The lowest BCUT2D eigenvalue weighted by atomic mass is 9.96. The van der Waals surface area contributed by atoms with Crippen molar-refractivity contribution in [2.24, 2.45) is 0 Å². The SMILES string of the molecule is CC(C)(C)NCC(O)C1=c2ccccc2=C2C=C(Cl)C=CC2O1. The van der Waals surface area contributed by atoms with Gasteiger partial charge in [0.05, 0.1) is 0 Å². The standard InChI is InChI=1S/C19H22ClNO2/c1-19(2,3)21-11-16(22)18-14-7-5-4-6-13(14)15-10-12(20)8-9-17(15)23-18/h4-10,16-17,21-22H,11H2,1-3H3. The summed E-state index contributed by atoms with van der Waals surface area (Å²) in [7, 11) is 0. The van der Waals surface area contributed by atoms with Crippen LogP contribution in [0.4, 0.5) is 0 Å². The van der Waals surface area contributed by atoms with Gasteiger partial charge in [0.2, 0.25) is 0 Å². The number of rotatable bonds is 3. The van der Waals surface area contributed by atoms with Crippen LogP contribution in [-0.4, -0.2) is 29.4 Å². The molecule has 3 rings (SSSR count). The number of fused-ring (bicyclic) bond motifs is 2. The van der Waals surface area contributed by atoms with Gasteiger partial charge in [0.25, 0.3) is 0 Å². The van der Waals surface area contributed by atoms with Crippen LogP contribution < -0.4 is 15.8 Å². The highest BCUT2D eigenvalue weighted by atomic mass is 35.5. The van der Waals surface area contributed by atoms with Gasteiger partial charge in [0, 0.05) is 27.9 Å². The van der Waals surface area contributed by atoms with E-state index in [0.29, 0.717) is 17.3 Å². The summed E-state index contributed by atoms with van der Waals surface area (Å²) in [6.07, 6.45) is 4.79. The molecule has 3 nitrogen and oxygen atoms in total. The van der Waals surface area contributed by atoms with Gasteiger partial charge in [-0.05, 0) is 44.2 Å². The van der Waals surface area contributed by atoms with Crippen LogP contribution in [0.1, 0.15) is 20.8 Å². The molecule has 1 aromatic rings. The first kappa shape index (κ1) is 16.3. The minimum absolute atomic E-state index is 0.0615. The Labute approximate surface area is 141 Å². The average molecular weight is 332 g/mol. The lowest BCUT2D eigenvalue weighted by molar-refractivity contribution is 0.139. The van der Waals surface area contributed by atoms with Crippen molar-refractivity contribution in [3.8, 4) is 0 Å².